The van der Waals surface area contributed by atoms with Crippen LogP contribution in [0.2, 0.25) is 0 Å². The molecule has 6 nitrogen and oxygen atoms in total. The predicted octanol–water partition coefficient (Wildman–Crippen LogP) is 1.24. The molecule has 1 fully saturated rings. The molecule has 1 aliphatic heterocycles. The lowest BCUT2D eigenvalue weighted by molar-refractivity contribution is -0.141. The van der Waals surface area contributed by atoms with Crippen LogP contribution in [0.5, 0.6) is 0 Å². The summed E-state index contributed by atoms with van der Waals surface area (Å²) in [5.74, 6) is -1.24. The zero-order valence-electron chi connectivity index (χ0n) is 11.1. The van der Waals surface area contributed by atoms with Crippen molar-refractivity contribution in [2.24, 2.45) is 0 Å². The molecule has 0 radical (unpaired) electrons. The second-order valence-electron chi connectivity index (χ2n) is 4.97. The van der Waals surface area contributed by atoms with E-state index in [-0.39, 0.29) is 10.8 Å². The number of rotatable bonds is 2. The van der Waals surface area contributed by atoms with E-state index in [1.165, 1.54) is 19.9 Å². The SMILES string of the molecule is Cc1cc(S(=O)(=O)N2CC(=O)NC(=O)C2(C)C)sc1Br. The fourth-order valence-electron chi connectivity index (χ4n) is 1.81. The van der Waals surface area contributed by atoms with E-state index in [1.807, 2.05) is 0 Å². The quantitative estimate of drug-likeness (QED) is 0.782. The summed E-state index contributed by atoms with van der Waals surface area (Å²) in [6.45, 7) is 4.36. The van der Waals surface area contributed by atoms with E-state index in [0.29, 0.717) is 3.79 Å². The lowest BCUT2D eigenvalue weighted by Gasteiger charge is -2.38. The van der Waals surface area contributed by atoms with Crippen molar-refractivity contribution in [2.75, 3.05) is 6.54 Å². The lowest BCUT2D eigenvalue weighted by atomic mass is 10.0. The fourth-order valence-corrected chi connectivity index (χ4v) is 5.86. The fraction of sp³-hybridized carbons (Fsp3) is 0.455. The number of nitrogens with one attached hydrogen (secondary N) is 1. The van der Waals surface area contributed by atoms with E-state index in [1.54, 1.807) is 6.92 Å². The Balaban J connectivity index is 2.52. The molecule has 1 aliphatic rings. The highest BCUT2D eigenvalue weighted by Gasteiger charge is 2.48. The normalized spacial score (nSPS) is 20.0. The molecule has 20 heavy (non-hydrogen) atoms. The molecule has 9 heteroatoms. The Hall–Kier alpha value is -0.770. The van der Waals surface area contributed by atoms with Crippen LogP contribution in [0.15, 0.2) is 14.1 Å². The van der Waals surface area contributed by atoms with E-state index >= 15 is 0 Å². The van der Waals surface area contributed by atoms with E-state index in [9.17, 15) is 18.0 Å². The maximum absolute atomic E-state index is 12.6. The number of amides is 2. The van der Waals surface area contributed by atoms with Crippen LogP contribution in [0.25, 0.3) is 0 Å². The number of imide groups is 1. The molecule has 0 aromatic carbocycles. The predicted molar refractivity (Wildman–Crippen MR) is 77.9 cm³/mol. The highest BCUT2D eigenvalue weighted by atomic mass is 79.9. The molecule has 0 spiro atoms. The van der Waals surface area contributed by atoms with Gasteiger partial charge in [0.1, 0.15) is 9.75 Å². The Bertz CT molecular complexity index is 674. The number of aryl methyl sites for hydroxylation is 1. The third-order valence-corrected chi connectivity index (χ3v) is 7.70. The Labute approximate surface area is 129 Å². The summed E-state index contributed by atoms with van der Waals surface area (Å²) in [7, 11) is -3.90. The summed E-state index contributed by atoms with van der Waals surface area (Å²) >= 11 is 4.34. The molecule has 2 heterocycles. The van der Waals surface area contributed by atoms with Crippen molar-refractivity contribution in [1.82, 2.24) is 9.62 Å². The lowest BCUT2D eigenvalue weighted by Crippen LogP contribution is -2.65. The molecule has 110 valence electrons. The second kappa shape index (κ2) is 4.90. The number of halogens is 1. The van der Waals surface area contributed by atoms with Crippen LogP contribution in [0.3, 0.4) is 0 Å². The van der Waals surface area contributed by atoms with Crippen LogP contribution >= 0.6 is 27.3 Å². The van der Waals surface area contributed by atoms with Crippen molar-refractivity contribution in [3.8, 4) is 0 Å². The molecule has 0 bridgehead atoms. The zero-order valence-corrected chi connectivity index (χ0v) is 14.3. The summed E-state index contributed by atoms with van der Waals surface area (Å²) in [6.07, 6.45) is 0. The van der Waals surface area contributed by atoms with Gasteiger partial charge in [0.2, 0.25) is 11.8 Å². The minimum atomic E-state index is -3.90. The smallest absolute Gasteiger partial charge is 0.254 e. The van der Waals surface area contributed by atoms with Gasteiger partial charge in [-0.3, -0.25) is 14.9 Å². The van der Waals surface area contributed by atoms with E-state index in [0.717, 1.165) is 21.2 Å². The molecule has 2 amide bonds. The first-order valence-corrected chi connectivity index (χ1v) is 8.75. The van der Waals surface area contributed by atoms with Gasteiger partial charge in [-0.25, -0.2) is 8.42 Å². The molecule has 0 aliphatic carbocycles. The van der Waals surface area contributed by atoms with Crippen LogP contribution < -0.4 is 5.32 Å². The van der Waals surface area contributed by atoms with Gasteiger partial charge in [0.05, 0.1) is 10.3 Å². The minimum absolute atomic E-state index is 0.109. The number of hydrogen-bond acceptors (Lipinski definition) is 5. The number of carbonyl (C=O) groups excluding carboxylic acids is 2. The number of thiophene rings is 1. The number of nitrogens with zero attached hydrogens (tertiary/aromatic N) is 1. The molecule has 0 atom stereocenters. The molecule has 1 aromatic rings. The standard InChI is InChI=1S/C11H13BrN2O4S2/c1-6-4-8(19-9(6)12)20(17,18)14-5-7(15)13-10(16)11(14,2)3/h4H,5H2,1-3H3,(H,13,15,16). The number of carbonyl (C=O) groups is 2. The van der Waals surface area contributed by atoms with E-state index < -0.39 is 27.4 Å². The largest absolute Gasteiger partial charge is 0.294 e. The molecule has 1 aromatic heterocycles. The van der Waals surface area contributed by atoms with Crippen molar-refractivity contribution in [3.05, 3.63) is 15.4 Å². The topological polar surface area (TPSA) is 83.6 Å². The van der Waals surface area contributed by atoms with Crippen LogP contribution in [0.4, 0.5) is 0 Å². The molecule has 1 saturated heterocycles. The second-order valence-corrected chi connectivity index (χ2v) is 9.43. The van der Waals surface area contributed by atoms with Gasteiger partial charge in [0, 0.05) is 0 Å². The van der Waals surface area contributed by atoms with Crippen molar-refractivity contribution >= 4 is 49.1 Å². The third-order valence-electron chi connectivity index (χ3n) is 3.10. The first-order valence-electron chi connectivity index (χ1n) is 5.70. The molecule has 0 unspecified atom stereocenters. The zero-order chi connectivity index (χ0) is 15.3. The van der Waals surface area contributed by atoms with Crippen LogP contribution in [0.1, 0.15) is 19.4 Å². The molecular weight excluding hydrogens is 368 g/mol. The minimum Gasteiger partial charge on any atom is -0.294 e. The highest BCUT2D eigenvalue weighted by Crippen LogP contribution is 2.35. The Morgan fingerprint density at radius 1 is 1.40 bits per heavy atom. The van der Waals surface area contributed by atoms with Gasteiger partial charge < -0.3 is 0 Å². The third kappa shape index (κ3) is 2.43. The molecular formula is C11H13BrN2O4S2. The van der Waals surface area contributed by atoms with Gasteiger partial charge in [-0.15, -0.1) is 11.3 Å². The van der Waals surface area contributed by atoms with Crippen molar-refractivity contribution < 1.29 is 18.0 Å². The first kappa shape index (κ1) is 15.6. The monoisotopic (exact) mass is 380 g/mol. The highest BCUT2D eigenvalue weighted by molar-refractivity contribution is 9.11. The van der Waals surface area contributed by atoms with Gasteiger partial charge in [-0.05, 0) is 48.3 Å². The number of piperazine rings is 1. The summed E-state index contributed by atoms with van der Waals surface area (Å²) in [6, 6.07) is 1.52. The summed E-state index contributed by atoms with van der Waals surface area (Å²) < 4.78 is 27.0. The molecule has 2 rings (SSSR count). The van der Waals surface area contributed by atoms with Gasteiger partial charge in [0.15, 0.2) is 0 Å². The van der Waals surface area contributed by atoms with Crippen LogP contribution in [-0.4, -0.2) is 36.6 Å². The maximum Gasteiger partial charge on any atom is 0.254 e. The van der Waals surface area contributed by atoms with Crippen molar-refractivity contribution in [2.45, 2.75) is 30.5 Å². The van der Waals surface area contributed by atoms with Crippen molar-refractivity contribution in [1.29, 1.82) is 0 Å². The molecule has 0 saturated carbocycles. The Morgan fingerprint density at radius 2 is 2.00 bits per heavy atom. The Morgan fingerprint density at radius 3 is 2.50 bits per heavy atom. The van der Waals surface area contributed by atoms with Gasteiger partial charge in [-0.2, -0.15) is 4.31 Å². The van der Waals surface area contributed by atoms with Gasteiger partial charge >= 0.3 is 0 Å². The Kier molecular flexibility index (Phi) is 3.83. The van der Waals surface area contributed by atoms with E-state index in [4.69, 9.17) is 0 Å². The summed E-state index contributed by atoms with van der Waals surface area (Å²) in [4.78, 5) is 23.3. The number of sulfonamides is 1. The van der Waals surface area contributed by atoms with Crippen LogP contribution in [0, 0.1) is 6.92 Å². The van der Waals surface area contributed by atoms with E-state index in [2.05, 4.69) is 21.2 Å². The summed E-state index contributed by atoms with van der Waals surface area (Å²) in [5, 5.41) is 2.15. The van der Waals surface area contributed by atoms with Gasteiger partial charge in [-0.1, -0.05) is 0 Å². The number of hydrogen-bond donors (Lipinski definition) is 1. The van der Waals surface area contributed by atoms with Crippen molar-refractivity contribution in [3.63, 3.8) is 0 Å². The summed E-state index contributed by atoms with van der Waals surface area (Å²) in [5.41, 5.74) is -0.518. The van der Waals surface area contributed by atoms with Gasteiger partial charge in [0.25, 0.3) is 10.0 Å². The van der Waals surface area contributed by atoms with Crippen LogP contribution in [-0.2, 0) is 19.6 Å². The first-order chi connectivity index (χ1) is 9.06. The average Bonchev–Trinajstić information content (AvgIpc) is 2.65. The maximum atomic E-state index is 12.6. The molecule has 1 N–H and O–H groups in total. The average molecular weight is 381 g/mol.